The molecular weight excluding hydrogens is 500 g/mol. The third kappa shape index (κ3) is 4.89. The second-order valence-electron chi connectivity index (χ2n) is 10.3. The van der Waals surface area contributed by atoms with Gasteiger partial charge < -0.3 is 4.74 Å². The van der Waals surface area contributed by atoms with Crippen LogP contribution in [0.2, 0.25) is 0 Å². The third-order valence-corrected chi connectivity index (χ3v) is 9.12. The van der Waals surface area contributed by atoms with Crippen LogP contribution in [0.1, 0.15) is 101 Å². The molecule has 2 aromatic carbocycles. The topological polar surface area (TPSA) is 73.9 Å². The van der Waals surface area contributed by atoms with Gasteiger partial charge in [-0.05, 0) is 85.1 Å². The Morgan fingerprint density at radius 1 is 0.971 bits per heavy atom. The van der Waals surface area contributed by atoms with Gasteiger partial charge in [-0.2, -0.15) is 10.5 Å². The molecule has 5 heteroatoms. The molecule has 0 aromatic heterocycles. The highest BCUT2D eigenvalue weighted by Gasteiger charge is 2.49. The van der Waals surface area contributed by atoms with E-state index >= 15 is 0 Å². The van der Waals surface area contributed by atoms with Gasteiger partial charge >= 0.3 is 5.97 Å². The van der Waals surface area contributed by atoms with Gasteiger partial charge in [-0.3, -0.25) is 4.79 Å². The molecule has 3 aliphatic rings. The highest BCUT2D eigenvalue weighted by atomic mass is 79.9. The summed E-state index contributed by atoms with van der Waals surface area (Å²) in [4.78, 5) is 11.8. The van der Waals surface area contributed by atoms with Crippen molar-refractivity contribution in [1.82, 2.24) is 0 Å². The first-order valence-electron chi connectivity index (χ1n) is 12.9. The van der Waals surface area contributed by atoms with E-state index in [-0.39, 0.29) is 28.7 Å². The Balaban J connectivity index is 1.61. The number of hydrogen-bond donors (Lipinski definition) is 0. The Hall–Kier alpha value is -2.63. The van der Waals surface area contributed by atoms with Crippen molar-refractivity contribution in [2.75, 3.05) is 0 Å². The predicted octanol–water partition coefficient (Wildman–Crippen LogP) is 8.35. The number of benzene rings is 2. The number of carbonyl (C=O) groups is 1. The van der Waals surface area contributed by atoms with Gasteiger partial charge in [0.2, 0.25) is 0 Å². The van der Waals surface area contributed by atoms with Crippen molar-refractivity contribution >= 4 is 21.9 Å². The molecule has 0 radical (unpaired) electrons. The normalized spacial score (nSPS) is 22.9. The van der Waals surface area contributed by atoms with E-state index < -0.39 is 5.97 Å². The van der Waals surface area contributed by atoms with Crippen molar-refractivity contribution in [2.24, 2.45) is 5.41 Å². The molecule has 0 saturated heterocycles. The van der Waals surface area contributed by atoms with Crippen LogP contribution in [0.25, 0.3) is 11.1 Å². The van der Waals surface area contributed by atoms with E-state index in [1.165, 1.54) is 69.8 Å². The fourth-order valence-electron chi connectivity index (χ4n) is 6.24. The highest BCUT2D eigenvalue weighted by molar-refractivity contribution is 9.10. The molecule has 4 nitrogen and oxygen atoms in total. The first kappa shape index (κ1) is 25.5. The second-order valence-corrected chi connectivity index (χ2v) is 11.2. The minimum absolute atomic E-state index is 0.101. The van der Waals surface area contributed by atoms with Crippen LogP contribution in [-0.2, 0) is 10.2 Å². The lowest BCUT2D eigenvalue weighted by Gasteiger charge is -2.54. The molecule has 3 saturated carbocycles. The van der Waals surface area contributed by atoms with Gasteiger partial charge in [-0.15, -0.1) is 0 Å². The summed E-state index contributed by atoms with van der Waals surface area (Å²) in [7, 11) is 0. The van der Waals surface area contributed by atoms with Gasteiger partial charge in [0.05, 0.1) is 5.56 Å². The van der Waals surface area contributed by atoms with Crippen LogP contribution in [0.4, 0.5) is 0 Å². The average molecular weight is 534 g/mol. The third-order valence-electron chi connectivity index (χ3n) is 8.47. The Kier molecular flexibility index (Phi) is 7.67. The quantitative estimate of drug-likeness (QED) is 0.194. The number of hydrogen-bond acceptors (Lipinski definition) is 4. The van der Waals surface area contributed by atoms with Crippen LogP contribution >= 0.6 is 15.9 Å². The van der Waals surface area contributed by atoms with Crippen molar-refractivity contribution in [3.63, 3.8) is 0 Å². The van der Waals surface area contributed by atoms with Gasteiger partial charge in [0.1, 0.15) is 23.5 Å². The van der Waals surface area contributed by atoms with Crippen LogP contribution in [0.5, 0.6) is 5.75 Å². The number of carbonyl (C=O) groups excluding carboxylic acids is 1. The zero-order valence-corrected chi connectivity index (χ0v) is 22.3. The largest absolute Gasteiger partial charge is 0.425 e. The Bertz CT molecular complexity index is 1180. The standard InChI is InChI=1S/C30H33BrN2O2/c1-3-5-6-11-29-12-15-30(16-13-29,17-14-29)25-9-7-21(18-26(25)31)22-8-10-27(35-28(34)4-2)24(20-33)23(22)19-32/h7-10,18H,3-6,11-17H2,1-2H3. The summed E-state index contributed by atoms with van der Waals surface area (Å²) >= 11 is 3.86. The van der Waals surface area contributed by atoms with Crippen LogP contribution in [0.3, 0.4) is 0 Å². The molecule has 0 amide bonds. The van der Waals surface area contributed by atoms with Crippen molar-refractivity contribution in [2.45, 2.75) is 89.9 Å². The minimum atomic E-state index is -0.432. The highest BCUT2D eigenvalue weighted by Crippen LogP contribution is 2.60. The SMILES string of the molecule is CCCCCC12CCC(c3ccc(-c4ccc(OC(=O)CC)c(C#N)c4C#N)cc3Br)(CC1)CC2. The number of rotatable bonds is 8. The number of unbranched alkanes of at least 4 members (excludes halogenated alkanes) is 2. The lowest BCUT2D eigenvalue weighted by molar-refractivity contribution is -0.134. The molecule has 0 spiro atoms. The molecule has 5 rings (SSSR count). The minimum Gasteiger partial charge on any atom is -0.425 e. The summed E-state index contributed by atoms with van der Waals surface area (Å²) in [6.07, 6.45) is 13.3. The molecule has 0 N–H and O–H groups in total. The maximum Gasteiger partial charge on any atom is 0.310 e. The summed E-state index contributed by atoms with van der Waals surface area (Å²) in [6, 6.07) is 14.0. The zero-order valence-electron chi connectivity index (χ0n) is 20.8. The molecule has 3 aliphatic carbocycles. The maximum absolute atomic E-state index is 11.8. The van der Waals surface area contributed by atoms with E-state index in [0.29, 0.717) is 11.0 Å². The number of ether oxygens (including phenoxy) is 1. The lowest BCUT2D eigenvalue weighted by Crippen LogP contribution is -2.44. The van der Waals surface area contributed by atoms with E-state index in [0.717, 1.165) is 10.0 Å². The van der Waals surface area contributed by atoms with Gasteiger partial charge in [0, 0.05) is 16.5 Å². The Labute approximate surface area is 217 Å². The predicted molar refractivity (Wildman–Crippen MR) is 141 cm³/mol. The molecule has 0 unspecified atom stereocenters. The fourth-order valence-corrected chi connectivity index (χ4v) is 7.04. The fraction of sp³-hybridized carbons (Fsp3) is 0.500. The summed E-state index contributed by atoms with van der Waals surface area (Å²) < 4.78 is 6.36. The first-order valence-corrected chi connectivity index (χ1v) is 13.7. The molecule has 35 heavy (non-hydrogen) atoms. The van der Waals surface area contributed by atoms with Gasteiger partial charge in [-0.25, -0.2) is 0 Å². The number of esters is 1. The van der Waals surface area contributed by atoms with Crippen molar-refractivity contribution < 1.29 is 9.53 Å². The second kappa shape index (κ2) is 10.5. The molecule has 182 valence electrons. The summed E-state index contributed by atoms with van der Waals surface area (Å²) in [6.45, 7) is 3.97. The molecule has 2 bridgehead atoms. The zero-order chi connectivity index (χ0) is 25.1. The molecule has 0 heterocycles. The van der Waals surface area contributed by atoms with E-state index in [9.17, 15) is 15.3 Å². The van der Waals surface area contributed by atoms with Crippen LogP contribution in [0, 0.1) is 28.1 Å². The van der Waals surface area contributed by atoms with Crippen LogP contribution in [-0.4, -0.2) is 5.97 Å². The van der Waals surface area contributed by atoms with E-state index in [1.807, 2.05) is 0 Å². The number of halogens is 1. The first-order chi connectivity index (χ1) is 16.9. The van der Waals surface area contributed by atoms with E-state index in [4.69, 9.17) is 4.74 Å². The average Bonchev–Trinajstić information content (AvgIpc) is 2.89. The number of fused-ring (bicyclic) bond motifs is 3. The Morgan fingerprint density at radius 2 is 1.66 bits per heavy atom. The van der Waals surface area contributed by atoms with Gasteiger partial charge in [0.15, 0.2) is 0 Å². The molecule has 3 fully saturated rings. The summed E-state index contributed by atoms with van der Waals surface area (Å²) in [5, 5.41) is 19.6. The van der Waals surface area contributed by atoms with Gasteiger partial charge in [0.25, 0.3) is 0 Å². The van der Waals surface area contributed by atoms with Crippen molar-refractivity contribution in [3.8, 4) is 29.0 Å². The number of nitrogens with zero attached hydrogens (tertiary/aromatic N) is 2. The van der Waals surface area contributed by atoms with Crippen LogP contribution in [0.15, 0.2) is 34.8 Å². The van der Waals surface area contributed by atoms with E-state index in [1.54, 1.807) is 19.1 Å². The monoisotopic (exact) mass is 532 g/mol. The lowest BCUT2D eigenvalue weighted by atomic mass is 9.51. The molecule has 2 aromatic rings. The molecule has 0 aliphatic heterocycles. The summed E-state index contributed by atoms with van der Waals surface area (Å²) in [5.41, 5.74) is 4.06. The van der Waals surface area contributed by atoms with Crippen molar-refractivity contribution in [3.05, 3.63) is 51.5 Å². The number of nitriles is 2. The van der Waals surface area contributed by atoms with Crippen molar-refractivity contribution in [1.29, 1.82) is 10.5 Å². The molecule has 0 atom stereocenters. The Morgan fingerprint density at radius 3 is 2.23 bits per heavy atom. The maximum atomic E-state index is 11.8. The van der Waals surface area contributed by atoms with Crippen LogP contribution < -0.4 is 4.74 Å². The van der Waals surface area contributed by atoms with E-state index in [2.05, 4.69) is 53.2 Å². The molecular formula is C30H33BrN2O2. The summed E-state index contributed by atoms with van der Waals surface area (Å²) in [5.74, 6) is -0.292. The van der Waals surface area contributed by atoms with Gasteiger partial charge in [-0.1, -0.05) is 61.2 Å². The smallest absolute Gasteiger partial charge is 0.310 e.